The number of nitrogens with two attached hydrogens (primary N) is 1. The van der Waals surface area contributed by atoms with Gasteiger partial charge in [-0.15, -0.1) is 0 Å². The van der Waals surface area contributed by atoms with E-state index in [0.29, 0.717) is 23.2 Å². The lowest BCUT2D eigenvalue weighted by Crippen LogP contribution is -2.31. The summed E-state index contributed by atoms with van der Waals surface area (Å²) in [4.78, 5) is 0. The molecule has 4 nitrogen and oxygen atoms in total. The number of rotatable bonds is 2. The summed E-state index contributed by atoms with van der Waals surface area (Å²) in [6, 6.07) is 11.4. The highest BCUT2D eigenvalue weighted by atomic mass is 16.5. The number of nitrogen functional groups attached to an aromatic ring is 1. The Labute approximate surface area is 175 Å². The number of anilines is 2. The fraction of sp³-hybridized carbons (Fsp3) is 0.375. The molecule has 2 bridgehead atoms. The van der Waals surface area contributed by atoms with Crippen molar-refractivity contribution < 1.29 is 4.74 Å². The van der Waals surface area contributed by atoms with Crippen molar-refractivity contribution in [2.45, 2.75) is 26.2 Å². The third kappa shape index (κ3) is 3.91. The van der Waals surface area contributed by atoms with Gasteiger partial charge in [0.1, 0.15) is 13.6 Å². The summed E-state index contributed by atoms with van der Waals surface area (Å²) < 4.78 is 4.92. The van der Waals surface area contributed by atoms with E-state index in [0.717, 1.165) is 29.5 Å². The molecule has 0 spiro atoms. The molecular formula is C24H30BN3O. The van der Waals surface area contributed by atoms with E-state index >= 15 is 0 Å². The molecule has 3 aliphatic rings. The number of methoxy groups -OCH3 is 1. The Morgan fingerprint density at radius 3 is 2.52 bits per heavy atom. The van der Waals surface area contributed by atoms with Gasteiger partial charge in [0, 0.05) is 29.7 Å². The lowest BCUT2D eigenvalue weighted by molar-refractivity contribution is 0.403. The first kappa shape index (κ1) is 21.0. The molecule has 2 aromatic rings. The number of nitrogens with one attached hydrogen (secondary N) is 2. The third-order valence-electron chi connectivity index (χ3n) is 6.09. The molecule has 2 aromatic carbocycles. The van der Waals surface area contributed by atoms with Crippen molar-refractivity contribution in [1.82, 2.24) is 0 Å². The smallest absolute Gasteiger partial charge is 0.119 e. The minimum Gasteiger partial charge on any atom is -0.497 e. The molecule has 0 saturated heterocycles. The summed E-state index contributed by atoms with van der Waals surface area (Å²) in [5.74, 6) is 3.36. The lowest BCUT2D eigenvalue weighted by Gasteiger charge is -2.36. The van der Waals surface area contributed by atoms with Gasteiger partial charge in [0.15, 0.2) is 0 Å². The number of benzene rings is 2. The molecule has 1 aliphatic heterocycles. The number of fused-ring (bicyclic) bond motifs is 7. The highest BCUT2D eigenvalue weighted by Gasteiger charge is 2.48. The number of hydrogen-bond donors (Lipinski definition) is 3. The molecule has 5 rings (SSSR count). The Kier molecular flexibility index (Phi) is 6.68. The average molecular weight is 387 g/mol. The monoisotopic (exact) mass is 387 g/mol. The Hall–Kier alpha value is -2.69. The molecule has 0 aromatic heterocycles. The van der Waals surface area contributed by atoms with Crippen LogP contribution in [0.2, 0.25) is 0 Å². The van der Waals surface area contributed by atoms with E-state index < -0.39 is 0 Å². The topological polar surface area (TPSA) is 71.1 Å². The third-order valence-corrected chi connectivity index (χ3v) is 6.09. The van der Waals surface area contributed by atoms with Crippen molar-refractivity contribution in [2.24, 2.45) is 17.8 Å². The summed E-state index contributed by atoms with van der Waals surface area (Å²) in [6.07, 6.45) is 7.46. The predicted octanol–water partition coefficient (Wildman–Crippen LogP) is 4.11. The Morgan fingerprint density at radius 2 is 1.86 bits per heavy atom. The Morgan fingerprint density at radius 1 is 1.14 bits per heavy atom. The van der Waals surface area contributed by atoms with E-state index in [9.17, 15) is 0 Å². The van der Waals surface area contributed by atoms with Gasteiger partial charge in [0.05, 0.1) is 7.11 Å². The first-order valence-electron chi connectivity index (χ1n) is 10.4. The number of ether oxygens (including phenoxy) is 1. The zero-order valence-electron chi connectivity index (χ0n) is 17.5. The molecule has 29 heavy (non-hydrogen) atoms. The fourth-order valence-electron chi connectivity index (χ4n) is 4.85. The number of para-hydroxylation sites is 1. The zero-order valence-corrected chi connectivity index (χ0v) is 17.5. The minimum atomic E-state index is 0.566. The quantitative estimate of drug-likeness (QED) is 0.314. The van der Waals surface area contributed by atoms with Crippen LogP contribution in [0.25, 0.3) is 0 Å². The normalized spacial score (nSPS) is 24.7. The molecule has 1 fully saturated rings. The van der Waals surface area contributed by atoms with Crippen molar-refractivity contribution in [1.29, 1.82) is 5.41 Å². The number of hydrogen-bond acceptors (Lipinski definition) is 4. The lowest BCUT2D eigenvalue weighted by atomic mass is 9.74. The van der Waals surface area contributed by atoms with Gasteiger partial charge < -0.3 is 21.2 Å². The van der Waals surface area contributed by atoms with Crippen molar-refractivity contribution in [3.63, 3.8) is 0 Å². The van der Waals surface area contributed by atoms with Gasteiger partial charge in [-0.1, -0.05) is 49.7 Å². The van der Waals surface area contributed by atoms with Crippen LogP contribution in [0.3, 0.4) is 0 Å². The van der Waals surface area contributed by atoms with Gasteiger partial charge in [-0.3, -0.25) is 0 Å². The molecular weight excluding hydrogens is 357 g/mol. The van der Waals surface area contributed by atoms with Crippen LogP contribution in [-0.4, -0.2) is 27.7 Å². The van der Waals surface area contributed by atoms with Crippen LogP contribution < -0.4 is 21.3 Å². The summed E-state index contributed by atoms with van der Waals surface area (Å²) >= 11 is 0. The van der Waals surface area contributed by atoms with Gasteiger partial charge in [0.25, 0.3) is 0 Å². The number of allylic oxidation sites excluding steroid dienone is 2. The summed E-state index contributed by atoms with van der Waals surface area (Å²) in [7, 11) is 7.11. The second-order valence-corrected chi connectivity index (χ2v) is 7.43. The average Bonchev–Trinajstić information content (AvgIpc) is 3.38. The molecule has 2 unspecified atom stereocenters. The van der Waals surface area contributed by atoms with Crippen molar-refractivity contribution >= 4 is 30.9 Å². The van der Waals surface area contributed by atoms with E-state index in [1.807, 2.05) is 38.1 Å². The molecule has 2 radical (unpaired) electrons. The molecule has 5 heteroatoms. The van der Waals surface area contributed by atoms with Crippen LogP contribution in [-0.2, 0) is 0 Å². The van der Waals surface area contributed by atoms with E-state index in [1.165, 1.54) is 23.9 Å². The molecule has 1 saturated carbocycles. The molecule has 1 heterocycles. The van der Waals surface area contributed by atoms with Crippen LogP contribution >= 0.6 is 0 Å². The van der Waals surface area contributed by atoms with Crippen molar-refractivity contribution in [3.8, 4) is 5.75 Å². The molecule has 150 valence electrons. The standard InChI is InChI=1S/C15H17N3.C7H7BO.C2H6/c16-6-10-12(17)3-4-13-15(10)14-9-2-1-8(5-9)11(14)7-18-13;1-9-7-5-3-2-4-6(7)8;1-2/h1-4,6,8-9,11,14,16,18H,5,7,17H2;2-5H,1H3;1-2H3/t8?,9?,11-,14+;;/m1../s1. The Balaban J connectivity index is 0.000000186. The molecule has 0 amide bonds. The second kappa shape index (κ2) is 9.21. The zero-order chi connectivity index (χ0) is 21.0. The molecule has 4 atom stereocenters. The maximum absolute atomic E-state index is 7.66. The van der Waals surface area contributed by atoms with E-state index in [1.54, 1.807) is 13.2 Å². The molecule has 4 N–H and O–H groups in total. The van der Waals surface area contributed by atoms with E-state index in [4.69, 9.17) is 23.7 Å². The van der Waals surface area contributed by atoms with E-state index in [-0.39, 0.29) is 0 Å². The first-order valence-corrected chi connectivity index (χ1v) is 10.4. The summed E-state index contributed by atoms with van der Waals surface area (Å²) in [5.41, 5.74) is 10.9. The van der Waals surface area contributed by atoms with Gasteiger partial charge in [0.2, 0.25) is 0 Å². The van der Waals surface area contributed by atoms with Crippen LogP contribution in [0.5, 0.6) is 5.75 Å². The van der Waals surface area contributed by atoms with Crippen molar-refractivity contribution in [3.05, 3.63) is 59.7 Å². The summed E-state index contributed by atoms with van der Waals surface area (Å²) in [6.45, 7) is 5.06. The SMILES string of the molecule is CC.N=Cc1c(N)ccc2c1[C@H]1C3C=CC(C3)[C@H]1CN2.[B]c1ccccc1OC. The van der Waals surface area contributed by atoms with Gasteiger partial charge in [-0.05, 0) is 53.9 Å². The van der Waals surface area contributed by atoms with Crippen LogP contribution in [0.1, 0.15) is 37.3 Å². The van der Waals surface area contributed by atoms with Crippen molar-refractivity contribution in [2.75, 3.05) is 24.7 Å². The van der Waals surface area contributed by atoms with Gasteiger partial charge >= 0.3 is 0 Å². The highest BCUT2D eigenvalue weighted by Crippen LogP contribution is 2.57. The predicted molar refractivity (Wildman–Crippen MR) is 124 cm³/mol. The van der Waals surface area contributed by atoms with Crippen LogP contribution in [0.4, 0.5) is 11.4 Å². The van der Waals surface area contributed by atoms with E-state index in [2.05, 4.69) is 23.5 Å². The Bertz CT molecular complexity index is 896. The van der Waals surface area contributed by atoms with Gasteiger partial charge in [-0.25, -0.2) is 0 Å². The van der Waals surface area contributed by atoms with Crippen LogP contribution in [0, 0.1) is 23.2 Å². The maximum Gasteiger partial charge on any atom is 0.119 e. The minimum absolute atomic E-state index is 0.566. The maximum atomic E-state index is 7.66. The molecule has 2 aliphatic carbocycles. The first-order chi connectivity index (χ1) is 14.1. The van der Waals surface area contributed by atoms with Gasteiger partial charge in [-0.2, -0.15) is 0 Å². The summed E-state index contributed by atoms with van der Waals surface area (Å²) in [5, 5.41) is 11.2. The second-order valence-electron chi connectivity index (χ2n) is 7.43. The van der Waals surface area contributed by atoms with Crippen LogP contribution in [0.15, 0.2) is 48.6 Å². The highest BCUT2D eigenvalue weighted by molar-refractivity contribution is 6.34. The fourth-order valence-corrected chi connectivity index (χ4v) is 4.85. The largest absolute Gasteiger partial charge is 0.497 e.